The Balaban J connectivity index is 1.68. The lowest BCUT2D eigenvalue weighted by Gasteiger charge is -2.43. The van der Waals surface area contributed by atoms with Gasteiger partial charge in [-0.1, -0.05) is 32.9 Å². The largest absolute Gasteiger partial charge is 0.758 e. The smallest absolute Gasteiger partial charge is 0.127 e. The molecule has 0 aliphatic rings. The van der Waals surface area contributed by atoms with Gasteiger partial charge in [-0.15, -0.1) is 0 Å². The van der Waals surface area contributed by atoms with Crippen molar-refractivity contribution in [3.05, 3.63) is 88.8 Å². The van der Waals surface area contributed by atoms with Gasteiger partial charge >= 0.3 is 0 Å². The Bertz CT molecular complexity index is 983. The summed E-state index contributed by atoms with van der Waals surface area (Å²) >= 11 is 0. The lowest BCUT2D eigenvalue weighted by molar-refractivity contribution is 0.481. The summed E-state index contributed by atoms with van der Waals surface area (Å²) < 4.78 is 5.90. The van der Waals surface area contributed by atoms with Crippen molar-refractivity contribution in [2.75, 3.05) is 10.1 Å². The Labute approximate surface area is 185 Å². The van der Waals surface area contributed by atoms with E-state index in [1.54, 1.807) is 48.5 Å². The molecule has 0 aliphatic heterocycles. The maximum Gasteiger partial charge on any atom is 0.127 e. The summed E-state index contributed by atoms with van der Waals surface area (Å²) in [6.07, 6.45) is 0. The van der Waals surface area contributed by atoms with Crippen LogP contribution in [0.5, 0.6) is 11.5 Å². The molecule has 0 amide bonds. The first-order valence-electron chi connectivity index (χ1n) is 10.4. The molecule has 0 heterocycles. The monoisotopic (exact) mass is 418 g/mol. The summed E-state index contributed by atoms with van der Waals surface area (Å²) in [5.74, 6) is 1.40. The summed E-state index contributed by atoms with van der Waals surface area (Å²) in [5.41, 5.74) is 2.25. The van der Waals surface area contributed by atoms with Crippen molar-refractivity contribution in [2.45, 2.75) is 52.5 Å². The normalized spacial score (nSPS) is 11.9. The van der Waals surface area contributed by atoms with Crippen LogP contribution in [-0.2, 0) is 5.41 Å². The van der Waals surface area contributed by atoms with Crippen molar-refractivity contribution in [1.82, 2.24) is 0 Å². The fraction of sp³-hybridized carbons (Fsp3) is 0.308. The van der Waals surface area contributed by atoms with E-state index in [0.717, 1.165) is 15.9 Å². The third-order valence-corrected chi connectivity index (χ3v) is 4.96. The topological polar surface area (TPSA) is 61.8 Å². The van der Waals surface area contributed by atoms with E-state index in [0.29, 0.717) is 22.8 Å². The lowest BCUT2D eigenvalue weighted by atomic mass is 9.87. The highest BCUT2D eigenvalue weighted by atomic mass is 16.5. The molecule has 3 rings (SSSR count). The molecule has 0 aliphatic carbocycles. The second-order valence-corrected chi connectivity index (χ2v) is 9.65. The fourth-order valence-electron chi connectivity index (χ4n) is 3.07. The van der Waals surface area contributed by atoms with E-state index in [1.165, 1.54) is 5.56 Å². The molecule has 0 atom stereocenters. The third kappa shape index (κ3) is 5.57. The molecule has 0 radical (unpaired) electrons. The minimum atomic E-state index is -0.540. The van der Waals surface area contributed by atoms with Crippen LogP contribution in [0, 0.1) is 10.4 Å². The number of ether oxygens (including phenoxy) is 1. The molecule has 0 N–H and O–H groups in total. The SMILES string of the molecule is CC(C)(C)c1ccc(Oc2ccc(N([O-])c3ccc(N([O-])C(C)(C)C)cc3)cc2)cc1. The quantitative estimate of drug-likeness (QED) is 0.401. The van der Waals surface area contributed by atoms with Crippen LogP contribution in [0.2, 0.25) is 0 Å². The molecular formula is C26H30N2O3-2. The van der Waals surface area contributed by atoms with Crippen molar-refractivity contribution in [3.63, 3.8) is 0 Å². The predicted molar refractivity (Wildman–Crippen MR) is 129 cm³/mol. The minimum absolute atomic E-state index is 0.0920. The maximum atomic E-state index is 12.7. The van der Waals surface area contributed by atoms with E-state index in [2.05, 4.69) is 32.9 Å². The first-order valence-corrected chi connectivity index (χ1v) is 10.4. The molecule has 0 unspecified atom stereocenters. The Morgan fingerprint density at radius 2 is 0.968 bits per heavy atom. The van der Waals surface area contributed by atoms with Crippen molar-refractivity contribution in [1.29, 1.82) is 0 Å². The highest BCUT2D eigenvalue weighted by Gasteiger charge is 2.14. The minimum Gasteiger partial charge on any atom is -0.758 e. The van der Waals surface area contributed by atoms with Crippen molar-refractivity contribution in [2.24, 2.45) is 0 Å². The third-order valence-electron chi connectivity index (χ3n) is 4.96. The molecule has 0 aromatic heterocycles. The van der Waals surface area contributed by atoms with E-state index in [-0.39, 0.29) is 5.41 Å². The van der Waals surface area contributed by atoms with Crippen LogP contribution < -0.4 is 14.9 Å². The molecule has 0 spiro atoms. The number of benzene rings is 3. The number of nitrogens with zero attached hydrogens (tertiary/aromatic N) is 2. The maximum absolute atomic E-state index is 12.7. The molecule has 3 aromatic rings. The van der Waals surface area contributed by atoms with Gasteiger partial charge in [-0.2, -0.15) is 0 Å². The average Bonchev–Trinajstić information content (AvgIpc) is 2.72. The molecule has 31 heavy (non-hydrogen) atoms. The second-order valence-electron chi connectivity index (χ2n) is 9.65. The zero-order chi connectivity index (χ0) is 22.8. The highest BCUT2D eigenvalue weighted by molar-refractivity contribution is 5.67. The van der Waals surface area contributed by atoms with Crippen molar-refractivity contribution >= 4 is 17.1 Å². The fourth-order valence-corrected chi connectivity index (χ4v) is 3.07. The number of hydrogen-bond acceptors (Lipinski definition) is 5. The molecular weight excluding hydrogens is 388 g/mol. The first kappa shape index (κ1) is 22.7. The van der Waals surface area contributed by atoms with Crippen LogP contribution >= 0.6 is 0 Å². The number of anilines is 3. The number of rotatable bonds is 5. The van der Waals surface area contributed by atoms with Gasteiger partial charge in [0.1, 0.15) is 11.5 Å². The zero-order valence-electron chi connectivity index (χ0n) is 19.0. The van der Waals surface area contributed by atoms with Crippen LogP contribution in [0.4, 0.5) is 17.1 Å². The van der Waals surface area contributed by atoms with Gasteiger partial charge in [0, 0.05) is 22.6 Å². The predicted octanol–water partition coefficient (Wildman–Crippen LogP) is 7.52. The van der Waals surface area contributed by atoms with E-state index in [4.69, 9.17) is 4.74 Å². The number of hydrogen-bond donors (Lipinski definition) is 0. The summed E-state index contributed by atoms with van der Waals surface area (Å²) in [7, 11) is 0. The van der Waals surface area contributed by atoms with Gasteiger partial charge in [0.15, 0.2) is 0 Å². The molecule has 5 heteroatoms. The molecule has 164 valence electrons. The summed E-state index contributed by atoms with van der Waals surface area (Å²) in [4.78, 5) is 0. The lowest BCUT2D eigenvalue weighted by Crippen LogP contribution is -2.36. The summed E-state index contributed by atoms with van der Waals surface area (Å²) in [6, 6.07) is 21.6. The zero-order valence-corrected chi connectivity index (χ0v) is 19.0. The summed E-state index contributed by atoms with van der Waals surface area (Å²) in [6.45, 7) is 12.0. The Morgan fingerprint density at radius 3 is 1.39 bits per heavy atom. The standard InChI is InChI=1S/C26H30N2O3/c1-25(2,3)19-7-15-23(16-8-19)31-24-17-13-21(14-18-24)27(29)20-9-11-22(12-10-20)28(30)26(4,5)6/h7-18H,1-6H3/q-2. The molecule has 3 aromatic carbocycles. The van der Waals surface area contributed by atoms with Gasteiger partial charge in [0.2, 0.25) is 0 Å². The van der Waals surface area contributed by atoms with Gasteiger partial charge in [0.25, 0.3) is 0 Å². The molecule has 5 nitrogen and oxygen atoms in total. The van der Waals surface area contributed by atoms with Gasteiger partial charge in [0.05, 0.1) is 0 Å². The van der Waals surface area contributed by atoms with E-state index >= 15 is 0 Å². The molecule has 0 fully saturated rings. The van der Waals surface area contributed by atoms with Crippen molar-refractivity contribution in [3.8, 4) is 11.5 Å². The van der Waals surface area contributed by atoms with E-state index in [1.807, 2.05) is 32.9 Å². The van der Waals surface area contributed by atoms with Gasteiger partial charge < -0.3 is 25.3 Å². The van der Waals surface area contributed by atoms with E-state index in [9.17, 15) is 10.4 Å². The second kappa shape index (κ2) is 8.61. The average molecular weight is 419 g/mol. The van der Waals surface area contributed by atoms with Crippen LogP contribution in [0.3, 0.4) is 0 Å². The highest BCUT2D eigenvalue weighted by Crippen LogP contribution is 2.31. The van der Waals surface area contributed by atoms with Crippen LogP contribution in [0.25, 0.3) is 0 Å². The first-order chi connectivity index (χ1) is 14.4. The Hall–Kier alpha value is -3.02. The van der Waals surface area contributed by atoms with Gasteiger partial charge in [-0.3, -0.25) is 0 Å². The Morgan fingerprint density at radius 1 is 0.581 bits per heavy atom. The molecule has 0 saturated heterocycles. The van der Waals surface area contributed by atoms with Crippen molar-refractivity contribution < 1.29 is 4.74 Å². The summed E-state index contributed by atoms with van der Waals surface area (Å²) in [5, 5.41) is 26.8. The van der Waals surface area contributed by atoms with Gasteiger partial charge in [-0.25, -0.2) is 0 Å². The number of hydroxylamine groups is 1. The Kier molecular flexibility index (Phi) is 6.30. The van der Waals surface area contributed by atoms with Gasteiger partial charge in [-0.05, 0) is 92.4 Å². The van der Waals surface area contributed by atoms with E-state index < -0.39 is 5.54 Å². The molecule has 0 saturated carbocycles. The molecule has 0 bridgehead atoms. The van der Waals surface area contributed by atoms with Crippen LogP contribution in [0.1, 0.15) is 47.1 Å². The van der Waals surface area contributed by atoms with Crippen LogP contribution in [-0.4, -0.2) is 5.54 Å². The van der Waals surface area contributed by atoms with Crippen LogP contribution in [0.15, 0.2) is 72.8 Å².